The van der Waals surface area contributed by atoms with Crippen LogP contribution >= 0.6 is 0 Å². The number of nitrogens with zero attached hydrogens (tertiary/aromatic N) is 6. The first-order valence-electron chi connectivity index (χ1n) is 11.9. The largest absolute Gasteiger partial charge is 0.347 e. The first-order valence-corrected chi connectivity index (χ1v) is 11.9. The van der Waals surface area contributed by atoms with Crippen molar-refractivity contribution in [2.24, 2.45) is 5.92 Å². The maximum Gasteiger partial charge on any atom is 0.226 e. The van der Waals surface area contributed by atoms with Gasteiger partial charge in [0.1, 0.15) is 0 Å². The Morgan fingerprint density at radius 3 is 2.44 bits per heavy atom. The zero-order valence-corrected chi connectivity index (χ0v) is 19.9. The molecule has 1 atom stereocenters. The number of hydrogen-bond acceptors (Lipinski definition) is 6. The second kappa shape index (κ2) is 9.94. The monoisotopic (exact) mass is 436 g/mol. The molecular formula is C25H36N6O. The number of anilines is 1. The normalized spacial score (nSPS) is 20.5. The van der Waals surface area contributed by atoms with Gasteiger partial charge in [-0.2, -0.15) is 0 Å². The fourth-order valence-corrected chi connectivity index (χ4v) is 4.99. The Balaban J connectivity index is 1.65. The zero-order chi connectivity index (χ0) is 22.7. The molecule has 172 valence electrons. The van der Waals surface area contributed by atoms with Crippen molar-refractivity contribution in [3.8, 4) is 11.1 Å². The van der Waals surface area contributed by atoms with Crippen molar-refractivity contribution in [2.75, 3.05) is 38.6 Å². The Labute approximate surface area is 191 Å². The van der Waals surface area contributed by atoms with Crippen molar-refractivity contribution in [1.29, 1.82) is 0 Å². The second-order valence-corrected chi connectivity index (χ2v) is 9.55. The van der Waals surface area contributed by atoms with Crippen molar-refractivity contribution in [3.63, 3.8) is 0 Å². The van der Waals surface area contributed by atoms with Crippen LogP contribution in [0, 0.1) is 5.92 Å². The van der Waals surface area contributed by atoms with Gasteiger partial charge in [0.25, 0.3) is 0 Å². The molecule has 0 bridgehead atoms. The van der Waals surface area contributed by atoms with Crippen LogP contribution in [0.1, 0.15) is 57.7 Å². The maximum atomic E-state index is 13.7. The SMILES string of the molecule is CC(C)N1CCC(C(=O)N2CCCC[C@H]2c2nc(N(C)C)ncc2-c2ccncc2)CC1. The molecule has 2 fully saturated rings. The average molecular weight is 437 g/mol. The van der Waals surface area contributed by atoms with E-state index < -0.39 is 0 Å². The molecule has 2 aliphatic rings. The molecule has 4 rings (SSSR count). The number of piperidine rings is 2. The van der Waals surface area contributed by atoms with Gasteiger partial charge in [-0.05, 0) is 76.7 Å². The van der Waals surface area contributed by atoms with E-state index in [4.69, 9.17) is 4.98 Å². The molecule has 32 heavy (non-hydrogen) atoms. The molecule has 2 aromatic rings. The lowest BCUT2D eigenvalue weighted by atomic mass is 9.89. The van der Waals surface area contributed by atoms with Gasteiger partial charge in [-0.3, -0.25) is 9.78 Å². The third-order valence-electron chi connectivity index (χ3n) is 6.91. The Hall–Kier alpha value is -2.54. The molecule has 7 heteroatoms. The first kappa shape index (κ1) is 22.6. The van der Waals surface area contributed by atoms with E-state index in [1.807, 2.05) is 37.3 Å². The molecule has 2 saturated heterocycles. The van der Waals surface area contributed by atoms with Gasteiger partial charge in [0.15, 0.2) is 0 Å². The van der Waals surface area contributed by atoms with Crippen LogP contribution in [0.4, 0.5) is 5.95 Å². The van der Waals surface area contributed by atoms with Crippen LogP contribution < -0.4 is 4.90 Å². The predicted octanol–water partition coefficient (Wildman–Crippen LogP) is 3.78. The lowest BCUT2D eigenvalue weighted by molar-refractivity contribution is -0.141. The van der Waals surface area contributed by atoms with Crippen LogP contribution in [-0.2, 0) is 4.79 Å². The Morgan fingerprint density at radius 2 is 1.78 bits per heavy atom. The highest BCUT2D eigenvalue weighted by molar-refractivity contribution is 5.80. The topological polar surface area (TPSA) is 65.5 Å². The fourth-order valence-electron chi connectivity index (χ4n) is 4.99. The number of amides is 1. The summed E-state index contributed by atoms with van der Waals surface area (Å²) in [6.07, 6.45) is 10.5. The van der Waals surface area contributed by atoms with Gasteiger partial charge in [0.2, 0.25) is 11.9 Å². The minimum Gasteiger partial charge on any atom is -0.347 e. The molecular weight excluding hydrogens is 400 g/mol. The van der Waals surface area contributed by atoms with Crippen molar-refractivity contribution < 1.29 is 4.79 Å². The molecule has 1 amide bonds. The summed E-state index contributed by atoms with van der Waals surface area (Å²) in [6.45, 7) is 7.30. The van der Waals surface area contributed by atoms with E-state index in [2.05, 4.69) is 33.6 Å². The summed E-state index contributed by atoms with van der Waals surface area (Å²) in [4.78, 5) is 34.0. The number of carbonyl (C=O) groups excluding carboxylic acids is 1. The third kappa shape index (κ3) is 4.77. The van der Waals surface area contributed by atoms with Crippen LogP contribution in [0.25, 0.3) is 11.1 Å². The van der Waals surface area contributed by atoms with Gasteiger partial charge in [0, 0.05) is 56.8 Å². The van der Waals surface area contributed by atoms with E-state index in [0.29, 0.717) is 17.9 Å². The molecule has 2 aromatic heterocycles. The van der Waals surface area contributed by atoms with E-state index in [9.17, 15) is 4.79 Å². The molecule has 2 aliphatic heterocycles. The summed E-state index contributed by atoms with van der Waals surface area (Å²) in [7, 11) is 3.91. The quantitative estimate of drug-likeness (QED) is 0.711. The molecule has 7 nitrogen and oxygen atoms in total. The fraction of sp³-hybridized carbons (Fsp3) is 0.600. The summed E-state index contributed by atoms with van der Waals surface area (Å²) in [5.41, 5.74) is 3.00. The molecule has 0 aliphatic carbocycles. The summed E-state index contributed by atoms with van der Waals surface area (Å²) in [6, 6.07) is 4.52. The first-order chi connectivity index (χ1) is 15.5. The van der Waals surface area contributed by atoms with E-state index in [1.54, 1.807) is 12.4 Å². The van der Waals surface area contributed by atoms with Crippen LogP contribution in [-0.4, -0.2) is 70.4 Å². The predicted molar refractivity (Wildman–Crippen MR) is 127 cm³/mol. The molecule has 0 saturated carbocycles. The Kier molecular flexibility index (Phi) is 7.04. The summed E-state index contributed by atoms with van der Waals surface area (Å²) < 4.78 is 0. The van der Waals surface area contributed by atoms with Crippen molar-refractivity contribution in [3.05, 3.63) is 36.4 Å². The molecule has 0 aromatic carbocycles. The summed E-state index contributed by atoms with van der Waals surface area (Å²) >= 11 is 0. The molecule has 0 unspecified atom stereocenters. The van der Waals surface area contributed by atoms with Gasteiger partial charge in [-0.15, -0.1) is 0 Å². The van der Waals surface area contributed by atoms with Crippen LogP contribution in [0.15, 0.2) is 30.7 Å². The minimum atomic E-state index is -0.00996. The molecule has 0 spiro atoms. The lowest BCUT2D eigenvalue weighted by Gasteiger charge is -2.41. The number of pyridine rings is 1. The number of likely N-dealkylation sites (tertiary alicyclic amines) is 2. The van der Waals surface area contributed by atoms with Gasteiger partial charge in [-0.25, -0.2) is 9.97 Å². The van der Waals surface area contributed by atoms with Crippen LogP contribution in [0.5, 0.6) is 0 Å². The molecule has 4 heterocycles. The van der Waals surface area contributed by atoms with E-state index in [-0.39, 0.29) is 12.0 Å². The molecule has 0 N–H and O–H groups in total. The van der Waals surface area contributed by atoms with E-state index in [1.165, 1.54) is 0 Å². The van der Waals surface area contributed by atoms with Crippen molar-refractivity contribution in [2.45, 2.75) is 58.0 Å². The molecule has 0 radical (unpaired) electrons. The third-order valence-corrected chi connectivity index (χ3v) is 6.91. The Bertz CT molecular complexity index is 908. The van der Waals surface area contributed by atoms with Gasteiger partial charge in [0.05, 0.1) is 11.7 Å². The highest BCUT2D eigenvalue weighted by Gasteiger charge is 2.36. The second-order valence-electron chi connectivity index (χ2n) is 9.55. The number of carbonyl (C=O) groups is 1. The maximum absolute atomic E-state index is 13.7. The number of hydrogen-bond donors (Lipinski definition) is 0. The summed E-state index contributed by atoms with van der Waals surface area (Å²) in [5.74, 6) is 1.11. The smallest absolute Gasteiger partial charge is 0.226 e. The van der Waals surface area contributed by atoms with Gasteiger partial charge in [-0.1, -0.05) is 0 Å². The van der Waals surface area contributed by atoms with Crippen molar-refractivity contribution in [1.82, 2.24) is 24.8 Å². The summed E-state index contributed by atoms with van der Waals surface area (Å²) in [5, 5.41) is 0. The number of aromatic nitrogens is 3. The highest BCUT2D eigenvalue weighted by atomic mass is 16.2. The van der Waals surface area contributed by atoms with Crippen molar-refractivity contribution >= 4 is 11.9 Å². The van der Waals surface area contributed by atoms with Crippen LogP contribution in [0.3, 0.4) is 0 Å². The number of rotatable bonds is 5. The Morgan fingerprint density at radius 1 is 1.06 bits per heavy atom. The van der Waals surface area contributed by atoms with E-state index in [0.717, 1.165) is 68.6 Å². The average Bonchev–Trinajstić information content (AvgIpc) is 2.83. The highest BCUT2D eigenvalue weighted by Crippen LogP contribution is 2.38. The standard InChI is InChI=1S/C25H36N6O/c1-18(2)30-15-10-20(11-16-30)24(32)31-14-6-5-7-22(31)23-21(19-8-12-26-13-9-19)17-27-25(28-23)29(3)4/h8-9,12-13,17-18,20,22H,5-7,10-11,14-16H2,1-4H3/t22-/m0/s1. The lowest BCUT2D eigenvalue weighted by Crippen LogP contribution is -2.47. The minimum absolute atomic E-state index is 0.00996. The van der Waals surface area contributed by atoms with Crippen LogP contribution in [0.2, 0.25) is 0 Å². The van der Waals surface area contributed by atoms with Gasteiger partial charge < -0.3 is 14.7 Å². The van der Waals surface area contributed by atoms with Gasteiger partial charge >= 0.3 is 0 Å². The zero-order valence-electron chi connectivity index (χ0n) is 19.9. The van der Waals surface area contributed by atoms with E-state index >= 15 is 0 Å².